The lowest BCUT2D eigenvalue weighted by atomic mass is 10.1. The van der Waals surface area contributed by atoms with Crippen LogP contribution >= 0.6 is 0 Å². The number of allylic oxidation sites excluding steroid dienone is 2. The maximum Gasteiger partial charge on any atom is -0.00377 e. The molecule has 0 spiro atoms. The Bertz CT molecular complexity index is 175. The molecule has 0 bridgehead atoms. The van der Waals surface area contributed by atoms with Crippen molar-refractivity contribution in [1.29, 1.82) is 0 Å². The van der Waals surface area contributed by atoms with Crippen molar-refractivity contribution in [3.63, 3.8) is 0 Å². The fraction of sp³-hybridized carbons (Fsp3) is 0.800. The predicted molar refractivity (Wildman–Crippen MR) is 49.2 cm³/mol. The van der Waals surface area contributed by atoms with E-state index in [1.165, 1.54) is 5.57 Å². The van der Waals surface area contributed by atoms with E-state index in [0.717, 1.165) is 18.4 Å². The molecule has 0 radical (unpaired) electrons. The van der Waals surface area contributed by atoms with Crippen molar-refractivity contribution >= 4 is 0 Å². The Morgan fingerprint density at radius 1 is 1.45 bits per heavy atom. The summed E-state index contributed by atoms with van der Waals surface area (Å²) in [4.78, 5) is 0. The Morgan fingerprint density at radius 2 is 2.00 bits per heavy atom. The zero-order valence-corrected chi connectivity index (χ0v) is 8.02. The largest absolute Gasteiger partial charge is 0.330 e. The Kier molecular flexibility index (Phi) is 2.10. The van der Waals surface area contributed by atoms with Gasteiger partial charge in [0.05, 0.1) is 0 Å². The van der Waals surface area contributed by atoms with Crippen LogP contribution in [0.5, 0.6) is 0 Å². The van der Waals surface area contributed by atoms with Crippen LogP contribution < -0.4 is 5.73 Å². The maximum atomic E-state index is 5.65. The van der Waals surface area contributed by atoms with Crippen LogP contribution in [0.15, 0.2) is 11.6 Å². The van der Waals surface area contributed by atoms with Crippen LogP contribution in [0.2, 0.25) is 0 Å². The lowest BCUT2D eigenvalue weighted by Gasteiger charge is -1.97. The summed E-state index contributed by atoms with van der Waals surface area (Å²) in [7, 11) is 0. The molecule has 11 heavy (non-hydrogen) atoms. The van der Waals surface area contributed by atoms with E-state index in [9.17, 15) is 0 Å². The quantitative estimate of drug-likeness (QED) is 0.605. The standard InChI is InChI=1S/C10H19N/c1-7(2)5-8-9(6-11)10(8,3)4/h5,8-9H,6,11H2,1-4H3. The first-order chi connectivity index (χ1) is 5.00. The van der Waals surface area contributed by atoms with Gasteiger partial charge in [-0.3, -0.25) is 0 Å². The molecular formula is C10H19N. The van der Waals surface area contributed by atoms with Gasteiger partial charge in [0.15, 0.2) is 0 Å². The van der Waals surface area contributed by atoms with Crippen molar-refractivity contribution < 1.29 is 0 Å². The van der Waals surface area contributed by atoms with Crippen molar-refractivity contribution in [2.45, 2.75) is 27.7 Å². The molecule has 1 heteroatoms. The minimum Gasteiger partial charge on any atom is -0.330 e. The molecule has 64 valence electrons. The molecule has 1 fully saturated rings. The molecule has 0 aliphatic heterocycles. The highest BCUT2D eigenvalue weighted by molar-refractivity contribution is 5.17. The van der Waals surface area contributed by atoms with E-state index in [1.807, 2.05) is 0 Å². The van der Waals surface area contributed by atoms with Crippen LogP contribution in [-0.4, -0.2) is 6.54 Å². The summed E-state index contributed by atoms with van der Waals surface area (Å²) >= 11 is 0. The maximum absolute atomic E-state index is 5.65. The molecule has 2 atom stereocenters. The topological polar surface area (TPSA) is 26.0 Å². The molecule has 0 heterocycles. The third-order valence-corrected chi connectivity index (χ3v) is 2.91. The Hall–Kier alpha value is -0.300. The van der Waals surface area contributed by atoms with E-state index in [0.29, 0.717) is 5.41 Å². The summed E-state index contributed by atoms with van der Waals surface area (Å²) < 4.78 is 0. The van der Waals surface area contributed by atoms with Crippen LogP contribution in [0.4, 0.5) is 0 Å². The van der Waals surface area contributed by atoms with Crippen molar-refractivity contribution in [3.8, 4) is 0 Å². The highest BCUT2D eigenvalue weighted by Crippen LogP contribution is 2.58. The van der Waals surface area contributed by atoms with Crippen molar-refractivity contribution in [3.05, 3.63) is 11.6 Å². The molecule has 0 saturated heterocycles. The smallest absolute Gasteiger partial charge is 0.00377 e. The molecule has 0 amide bonds. The summed E-state index contributed by atoms with van der Waals surface area (Å²) in [5.41, 5.74) is 7.53. The highest BCUT2D eigenvalue weighted by atomic mass is 14.7. The fourth-order valence-electron chi connectivity index (χ4n) is 1.93. The van der Waals surface area contributed by atoms with Crippen LogP contribution in [-0.2, 0) is 0 Å². The second kappa shape index (κ2) is 2.63. The van der Waals surface area contributed by atoms with Gasteiger partial charge in [0.1, 0.15) is 0 Å². The first kappa shape index (κ1) is 8.79. The molecule has 1 aliphatic rings. The summed E-state index contributed by atoms with van der Waals surface area (Å²) in [5.74, 6) is 1.45. The third kappa shape index (κ3) is 1.48. The molecule has 1 nitrogen and oxygen atoms in total. The van der Waals surface area contributed by atoms with E-state index in [4.69, 9.17) is 5.73 Å². The van der Waals surface area contributed by atoms with E-state index >= 15 is 0 Å². The van der Waals surface area contributed by atoms with E-state index in [-0.39, 0.29) is 0 Å². The summed E-state index contributed by atoms with van der Waals surface area (Å²) in [6.07, 6.45) is 2.36. The lowest BCUT2D eigenvalue weighted by molar-refractivity contribution is 0.555. The summed E-state index contributed by atoms with van der Waals surface area (Å²) in [6, 6.07) is 0. The SMILES string of the molecule is CC(C)=CC1C(CN)C1(C)C. The van der Waals surface area contributed by atoms with Gasteiger partial charge in [-0.05, 0) is 37.6 Å². The number of rotatable bonds is 2. The Labute approximate surface area is 69.7 Å². The first-order valence-electron chi connectivity index (χ1n) is 4.35. The zero-order chi connectivity index (χ0) is 8.65. The molecule has 2 N–H and O–H groups in total. The van der Waals surface area contributed by atoms with Gasteiger partial charge in [0.2, 0.25) is 0 Å². The van der Waals surface area contributed by atoms with Crippen molar-refractivity contribution in [1.82, 2.24) is 0 Å². The molecule has 0 aromatic carbocycles. The summed E-state index contributed by atoms with van der Waals surface area (Å²) in [5, 5.41) is 0. The van der Waals surface area contributed by atoms with Gasteiger partial charge in [0.25, 0.3) is 0 Å². The van der Waals surface area contributed by atoms with Gasteiger partial charge in [-0.2, -0.15) is 0 Å². The molecule has 0 aromatic heterocycles. The third-order valence-electron chi connectivity index (χ3n) is 2.91. The molecule has 1 saturated carbocycles. The molecule has 2 unspecified atom stereocenters. The van der Waals surface area contributed by atoms with Crippen LogP contribution in [0.25, 0.3) is 0 Å². The second-order valence-corrected chi connectivity index (χ2v) is 4.43. The second-order valence-electron chi connectivity index (χ2n) is 4.43. The van der Waals surface area contributed by atoms with Gasteiger partial charge in [-0.1, -0.05) is 25.5 Å². The minimum absolute atomic E-state index is 0.464. The fourth-order valence-corrected chi connectivity index (χ4v) is 1.93. The first-order valence-corrected chi connectivity index (χ1v) is 4.35. The minimum atomic E-state index is 0.464. The highest BCUT2D eigenvalue weighted by Gasteiger charge is 2.54. The molecule has 1 aliphatic carbocycles. The van der Waals surface area contributed by atoms with Gasteiger partial charge in [-0.15, -0.1) is 0 Å². The van der Waals surface area contributed by atoms with Gasteiger partial charge in [-0.25, -0.2) is 0 Å². The van der Waals surface area contributed by atoms with E-state index in [1.54, 1.807) is 0 Å². The molecule has 1 rings (SSSR count). The van der Waals surface area contributed by atoms with Gasteiger partial charge >= 0.3 is 0 Å². The van der Waals surface area contributed by atoms with Gasteiger partial charge < -0.3 is 5.73 Å². The number of hydrogen-bond acceptors (Lipinski definition) is 1. The molecule has 0 aromatic rings. The Balaban J connectivity index is 2.59. The normalized spacial score (nSPS) is 33.2. The van der Waals surface area contributed by atoms with E-state index in [2.05, 4.69) is 33.8 Å². The Morgan fingerprint density at radius 3 is 2.27 bits per heavy atom. The van der Waals surface area contributed by atoms with Crippen molar-refractivity contribution in [2.75, 3.05) is 6.54 Å². The number of hydrogen-bond donors (Lipinski definition) is 1. The van der Waals surface area contributed by atoms with Crippen LogP contribution in [0, 0.1) is 17.3 Å². The zero-order valence-electron chi connectivity index (χ0n) is 8.02. The van der Waals surface area contributed by atoms with Crippen molar-refractivity contribution in [2.24, 2.45) is 23.0 Å². The predicted octanol–water partition coefficient (Wildman–Crippen LogP) is 2.18. The van der Waals surface area contributed by atoms with E-state index < -0.39 is 0 Å². The van der Waals surface area contributed by atoms with Gasteiger partial charge in [0, 0.05) is 0 Å². The average Bonchev–Trinajstić information content (AvgIpc) is 2.33. The number of nitrogens with two attached hydrogens (primary N) is 1. The monoisotopic (exact) mass is 153 g/mol. The molecular weight excluding hydrogens is 134 g/mol. The average molecular weight is 153 g/mol. The lowest BCUT2D eigenvalue weighted by Crippen LogP contribution is -2.05. The van der Waals surface area contributed by atoms with Crippen LogP contribution in [0.1, 0.15) is 27.7 Å². The van der Waals surface area contributed by atoms with Crippen LogP contribution in [0.3, 0.4) is 0 Å². The summed E-state index contributed by atoms with van der Waals surface area (Å²) in [6.45, 7) is 9.74.